The fourth-order valence-electron chi connectivity index (χ4n) is 3.55. The van der Waals surface area contributed by atoms with Gasteiger partial charge in [-0.15, -0.1) is 0 Å². The molecule has 0 saturated carbocycles. The molecule has 2 N–H and O–H groups in total. The van der Waals surface area contributed by atoms with E-state index in [0.717, 1.165) is 42.9 Å². The molecule has 0 aromatic heterocycles. The highest BCUT2D eigenvalue weighted by atomic mass is 16.5. The standard InChI is InChI=1S/C23H30N4O3/c1-26(16-18-7-6-10-21(15-18)30-2)22(28)17-27-13-11-20(12-14-27)25-23(29)24-19-8-4-3-5-9-19/h3-10,15,20H,11-14,16-17H2,1-2H3,(H2,24,25,29). The van der Waals surface area contributed by atoms with Gasteiger partial charge in [-0.3, -0.25) is 9.69 Å². The van der Waals surface area contributed by atoms with E-state index in [2.05, 4.69) is 15.5 Å². The van der Waals surface area contributed by atoms with Gasteiger partial charge in [0.15, 0.2) is 0 Å². The van der Waals surface area contributed by atoms with Crippen LogP contribution >= 0.6 is 0 Å². The quantitative estimate of drug-likeness (QED) is 0.736. The van der Waals surface area contributed by atoms with E-state index in [-0.39, 0.29) is 18.0 Å². The first-order valence-corrected chi connectivity index (χ1v) is 10.3. The minimum absolute atomic E-state index is 0.0889. The van der Waals surface area contributed by atoms with Crippen molar-refractivity contribution in [1.82, 2.24) is 15.1 Å². The Morgan fingerprint density at radius 1 is 1.10 bits per heavy atom. The molecule has 0 atom stereocenters. The fraction of sp³-hybridized carbons (Fsp3) is 0.391. The van der Waals surface area contributed by atoms with Gasteiger partial charge >= 0.3 is 6.03 Å². The number of likely N-dealkylation sites (N-methyl/N-ethyl adjacent to an activating group) is 1. The molecule has 2 aromatic rings. The number of nitrogens with zero attached hydrogens (tertiary/aromatic N) is 2. The Labute approximate surface area is 178 Å². The maximum atomic E-state index is 12.6. The SMILES string of the molecule is COc1cccc(CN(C)C(=O)CN2CCC(NC(=O)Nc3ccccc3)CC2)c1. The summed E-state index contributed by atoms with van der Waals surface area (Å²) in [6, 6.07) is 17.1. The van der Waals surface area contributed by atoms with Gasteiger partial charge in [0, 0.05) is 38.4 Å². The van der Waals surface area contributed by atoms with Crippen molar-refractivity contribution in [3.63, 3.8) is 0 Å². The van der Waals surface area contributed by atoms with Gasteiger partial charge in [-0.05, 0) is 42.7 Å². The van der Waals surface area contributed by atoms with Gasteiger partial charge in [0.25, 0.3) is 0 Å². The summed E-state index contributed by atoms with van der Waals surface area (Å²) in [5.41, 5.74) is 1.81. The molecule has 7 heteroatoms. The predicted molar refractivity (Wildman–Crippen MR) is 118 cm³/mol. The Kier molecular flexibility index (Phi) is 7.68. The van der Waals surface area contributed by atoms with E-state index in [1.54, 1.807) is 12.0 Å². The number of nitrogens with one attached hydrogen (secondary N) is 2. The second kappa shape index (κ2) is 10.6. The Morgan fingerprint density at radius 2 is 1.83 bits per heavy atom. The number of para-hydroxylation sites is 1. The fourth-order valence-corrected chi connectivity index (χ4v) is 3.55. The highest BCUT2D eigenvalue weighted by Gasteiger charge is 2.23. The average Bonchev–Trinajstić information content (AvgIpc) is 2.76. The summed E-state index contributed by atoms with van der Waals surface area (Å²) in [6.07, 6.45) is 1.66. The van der Waals surface area contributed by atoms with Crippen molar-refractivity contribution in [2.24, 2.45) is 0 Å². The highest BCUT2D eigenvalue weighted by molar-refractivity contribution is 5.89. The second-order valence-electron chi connectivity index (χ2n) is 7.62. The first-order valence-electron chi connectivity index (χ1n) is 10.3. The molecule has 0 bridgehead atoms. The van der Waals surface area contributed by atoms with Gasteiger partial charge in [-0.25, -0.2) is 4.79 Å². The number of urea groups is 1. The summed E-state index contributed by atoms with van der Waals surface area (Å²) < 4.78 is 5.24. The van der Waals surface area contributed by atoms with E-state index in [4.69, 9.17) is 4.74 Å². The number of hydrogen-bond donors (Lipinski definition) is 2. The molecule has 1 heterocycles. The third kappa shape index (κ3) is 6.49. The molecular weight excluding hydrogens is 380 g/mol. The number of piperidine rings is 1. The minimum atomic E-state index is -0.186. The van der Waals surface area contributed by atoms with Crippen LogP contribution in [0.3, 0.4) is 0 Å². The molecule has 1 aliphatic rings. The van der Waals surface area contributed by atoms with Crippen LogP contribution in [0.1, 0.15) is 18.4 Å². The van der Waals surface area contributed by atoms with Crippen molar-refractivity contribution in [3.8, 4) is 5.75 Å². The lowest BCUT2D eigenvalue weighted by Crippen LogP contribution is -2.48. The van der Waals surface area contributed by atoms with Crippen molar-refractivity contribution in [3.05, 3.63) is 60.2 Å². The van der Waals surface area contributed by atoms with E-state index < -0.39 is 0 Å². The van der Waals surface area contributed by atoms with Crippen LogP contribution in [0.2, 0.25) is 0 Å². The average molecular weight is 411 g/mol. The number of anilines is 1. The first-order chi connectivity index (χ1) is 14.5. The third-order valence-corrected chi connectivity index (χ3v) is 5.29. The van der Waals surface area contributed by atoms with Crippen LogP contribution in [0.25, 0.3) is 0 Å². The number of carbonyl (C=O) groups excluding carboxylic acids is 2. The first kappa shape index (κ1) is 21.6. The number of benzene rings is 2. The maximum absolute atomic E-state index is 12.6. The lowest BCUT2D eigenvalue weighted by atomic mass is 10.1. The number of likely N-dealkylation sites (tertiary alicyclic amines) is 1. The Bertz CT molecular complexity index is 835. The van der Waals surface area contributed by atoms with Crippen molar-refractivity contribution < 1.29 is 14.3 Å². The van der Waals surface area contributed by atoms with Gasteiger partial charge in [-0.1, -0.05) is 30.3 Å². The predicted octanol–water partition coefficient (Wildman–Crippen LogP) is 2.94. The molecule has 2 aromatic carbocycles. The van der Waals surface area contributed by atoms with Gasteiger partial charge in [-0.2, -0.15) is 0 Å². The summed E-state index contributed by atoms with van der Waals surface area (Å²) in [5.74, 6) is 0.880. The minimum Gasteiger partial charge on any atom is -0.497 e. The molecule has 0 spiro atoms. The van der Waals surface area contributed by atoms with Crippen LogP contribution in [0.4, 0.5) is 10.5 Å². The summed E-state index contributed by atoms with van der Waals surface area (Å²) in [5, 5.41) is 5.87. The molecule has 3 rings (SSSR count). The monoisotopic (exact) mass is 410 g/mol. The van der Waals surface area contributed by atoms with Gasteiger partial charge in [0.2, 0.25) is 5.91 Å². The second-order valence-corrected chi connectivity index (χ2v) is 7.62. The van der Waals surface area contributed by atoms with Crippen LogP contribution in [0, 0.1) is 0 Å². The summed E-state index contributed by atoms with van der Waals surface area (Å²) in [7, 11) is 3.46. The van der Waals surface area contributed by atoms with E-state index in [9.17, 15) is 9.59 Å². The van der Waals surface area contributed by atoms with E-state index in [0.29, 0.717) is 13.1 Å². The van der Waals surface area contributed by atoms with Crippen molar-refractivity contribution in [2.45, 2.75) is 25.4 Å². The number of methoxy groups -OCH3 is 1. The summed E-state index contributed by atoms with van der Waals surface area (Å²) in [4.78, 5) is 28.6. The van der Waals surface area contributed by atoms with Crippen molar-refractivity contribution >= 4 is 17.6 Å². The topological polar surface area (TPSA) is 73.9 Å². The lowest BCUT2D eigenvalue weighted by molar-refractivity contribution is -0.131. The molecule has 160 valence electrons. The lowest BCUT2D eigenvalue weighted by Gasteiger charge is -2.32. The normalized spacial score (nSPS) is 14.7. The number of carbonyl (C=O) groups is 2. The molecule has 1 aliphatic heterocycles. The van der Waals surface area contributed by atoms with Crippen molar-refractivity contribution in [1.29, 1.82) is 0 Å². The Hall–Kier alpha value is -3.06. The van der Waals surface area contributed by atoms with Crippen LogP contribution in [-0.4, -0.2) is 61.6 Å². The molecule has 0 radical (unpaired) electrons. The number of ether oxygens (including phenoxy) is 1. The third-order valence-electron chi connectivity index (χ3n) is 5.29. The summed E-state index contributed by atoms with van der Waals surface area (Å²) >= 11 is 0. The van der Waals surface area contributed by atoms with E-state index in [1.807, 2.05) is 61.6 Å². The zero-order chi connectivity index (χ0) is 21.3. The van der Waals surface area contributed by atoms with Crippen LogP contribution in [-0.2, 0) is 11.3 Å². The van der Waals surface area contributed by atoms with Gasteiger partial charge in [0.05, 0.1) is 13.7 Å². The van der Waals surface area contributed by atoms with E-state index in [1.165, 1.54) is 0 Å². The Morgan fingerprint density at radius 3 is 2.53 bits per heavy atom. The number of rotatable bonds is 7. The Balaban J connectivity index is 1.39. The van der Waals surface area contributed by atoms with Crippen LogP contribution < -0.4 is 15.4 Å². The molecule has 0 unspecified atom stereocenters. The summed E-state index contributed by atoms with van der Waals surface area (Å²) in [6.45, 7) is 2.52. The highest BCUT2D eigenvalue weighted by Crippen LogP contribution is 2.15. The van der Waals surface area contributed by atoms with E-state index >= 15 is 0 Å². The molecule has 0 aliphatic carbocycles. The maximum Gasteiger partial charge on any atom is 0.319 e. The van der Waals surface area contributed by atoms with Crippen LogP contribution in [0.15, 0.2) is 54.6 Å². The van der Waals surface area contributed by atoms with Crippen molar-refractivity contribution in [2.75, 3.05) is 39.1 Å². The van der Waals surface area contributed by atoms with Gasteiger partial charge < -0.3 is 20.3 Å². The van der Waals surface area contributed by atoms with Gasteiger partial charge in [0.1, 0.15) is 5.75 Å². The smallest absolute Gasteiger partial charge is 0.319 e. The number of amides is 3. The molecule has 30 heavy (non-hydrogen) atoms. The van der Waals surface area contributed by atoms with Crippen LogP contribution in [0.5, 0.6) is 5.75 Å². The zero-order valence-electron chi connectivity index (χ0n) is 17.6. The molecular formula is C23H30N4O3. The molecule has 3 amide bonds. The zero-order valence-corrected chi connectivity index (χ0v) is 17.6. The molecule has 1 saturated heterocycles. The molecule has 7 nitrogen and oxygen atoms in total. The largest absolute Gasteiger partial charge is 0.497 e. The molecule has 1 fully saturated rings. The number of hydrogen-bond acceptors (Lipinski definition) is 4.